The number of pyridine rings is 2. The van der Waals surface area contributed by atoms with Crippen LogP contribution in [0.15, 0.2) is 54.6 Å². The van der Waals surface area contributed by atoms with Crippen molar-refractivity contribution in [1.29, 1.82) is 0 Å². The Kier molecular flexibility index (Phi) is 21.3. The van der Waals surface area contributed by atoms with Crippen molar-refractivity contribution in [1.82, 2.24) is 19.8 Å². The maximum absolute atomic E-state index is 12.5. The van der Waals surface area contributed by atoms with Gasteiger partial charge in [0.2, 0.25) is 0 Å². The molecular weight excluding hydrogens is 792 g/mol. The number of carbonyl (C=O) groups is 2. The van der Waals surface area contributed by atoms with Crippen LogP contribution >= 0.6 is 0 Å². The van der Waals surface area contributed by atoms with Crippen molar-refractivity contribution >= 4 is 23.6 Å². The summed E-state index contributed by atoms with van der Waals surface area (Å²) in [7, 11) is 0. The Bertz CT molecular complexity index is 1840. The van der Waals surface area contributed by atoms with Gasteiger partial charge < -0.3 is 46.0 Å². The molecule has 6 N–H and O–H groups in total. The average molecular weight is 865 g/mol. The summed E-state index contributed by atoms with van der Waals surface area (Å²) in [5.41, 5.74) is 3.98. The van der Waals surface area contributed by atoms with E-state index >= 15 is 0 Å². The summed E-state index contributed by atoms with van der Waals surface area (Å²) in [6.07, 6.45) is 15.9. The van der Waals surface area contributed by atoms with Crippen LogP contribution in [0.25, 0.3) is 0 Å². The van der Waals surface area contributed by atoms with Gasteiger partial charge in [-0.3, -0.25) is 9.59 Å². The molecule has 13 nitrogen and oxygen atoms in total. The molecule has 0 aliphatic carbocycles. The second-order valence-electron chi connectivity index (χ2n) is 18.1. The first-order valence-corrected chi connectivity index (χ1v) is 23.3. The van der Waals surface area contributed by atoms with Gasteiger partial charge in [0.1, 0.15) is 18.2 Å². The minimum atomic E-state index is -1.05. The number of ether oxygens (including phenoxy) is 1. The van der Waals surface area contributed by atoms with Crippen molar-refractivity contribution in [3.05, 3.63) is 82.7 Å². The van der Waals surface area contributed by atoms with E-state index in [9.17, 15) is 19.8 Å². The predicted octanol–water partition coefficient (Wildman–Crippen LogP) is 3.89. The molecule has 2 aromatic heterocycles. The fourth-order valence-corrected chi connectivity index (χ4v) is 9.15. The Morgan fingerprint density at radius 1 is 0.683 bits per heavy atom. The summed E-state index contributed by atoms with van der Waals surface area (Å²) in [4.78, 5) is 38.0. The minimum absolute atomic E-state index is 0. The maximum atomic E-state index is 12.5. The molecule has 2 unspecified atom stereocenters. The molecule has 0 spiro atoms. The molecule has 7 rings (SSSR count). The molecule has 14 heteroatoms. The van der Waals surface area contributed by atoms with Crippen molar-refractivity contribution in [2.24, 2.45) is 11.8 Å². The zero-order valence-corrected chi connectivity index (χ0v) is 38.3. The second-order valence-corrected chi connectivity index (χ2v) is 18.1. The van der Waals surface area contributed by atoms with Crippen LogP contribution in [-0.4, -0.2) is 116 Å². The molecule has 2 atom stereocenters. The number of carbonyl (C=O) groups excluding carboxylic acids is 1. The number of hydrogen-bond acceptors (Lipinski definition) is 12. The van der Waals surface area contributed by atoms with Gasteiger partial charge in [-0.05, 0) is 146 Å². The van der Waals surface area contributed by atoms with E-state index in [4.69, 9.17) is 19.8 Å². The van der Waals surface area contributed by atoms with E-state index in [0.717, 1.165) is 121 Å². The molecule has 0 radical (unpaired) electrons. The zero-order chi connectivity index (χ0) is 43.1. The first-order chi connectivity index (χ1) is 29.5. The Labute approximate surface area is 387 Å². The first kappa shape index (κ1) is 52.1. The largest absolute Gasteiger partial charge is 1.00 e. The van der Waals surface area contributed by atoms with E-state index in [1.165, 1.54) is 48.2 Å². The number of likely N-dealkylation sites (tertiary alicyclic amines) is 2. The van der Waals surface area contributed by atoms with Crippen LogP contribution < -0.4 is 29.5 Å². The third-order valence-electron chi connectivity index (χ3n) is 13.7. The number of aromatic nitrogens is 2. The van der Waals surface area contributed by atoms with Crippen LogP contribution in [0, 0.1) is 11.8 Å². The van der Waals surface area contributed by atoms with E-state index < -0.39 is 29.0 Å². The fraction of sp³-hybridized carbons (Fsp3) is 0.633. The number of unbranched alkanes of at least 4 members (excludes halogenated alkanes) is 4. The minimum Gasteiger partial charge on any atom is -0.870 e. The number of aryl methyl sites for hydroxylation is 4. The fourth-order valence-electron chi connectivity index (χ4n) is 9.15. The SMILES string of the molecule is CC(C(=O)O)C1(O)CCN(CCCCCc2ccc3c(n2)NCCC3)CC1.CC(C(=O)OCc1ccccc1)C1(O)CCN(CCCCCc2ccc3c(n2)NCCC3)CC1.[Li+].[OH-]. The predicted molar refractivity (Wildman–Crippen MR) is 243 cm³/mol. The molecule has 0 amide bonds. The summed E-state index contributed by atoms with van der Waals surface area (Å²) in [5, 5.41) is 37.6. The van der Waals surface area contributed by atoms with E-state index in [-0.39, 0.29) is 36.9 Å². The maximum Gasteiger partial charge on any atom is 1.00 e. The van der Waals surface area contributed by atoms with Gasteiger partial charge in [-0.2, -0.15) is 0 Å². The van der Waals surface area contributed by atoms with E-state index in [2.05, 4.69) is 44.7 Å². The summed E-state index contributed by atoms with van der Waals surface area (Å²) >= 11 is 0. The van der Waals surface area contributed by atoms with Gasteiger partial charge in [0.25, 0.3) is 0 Å². The Morgan fingerprint density at radius 2 is 1.14 bits per heavy atom. The van der Waals surface area contributed by atoms with Crippen LogP contribution in [-0.2, 0) is 46.6 Å². The number of benzene rings is 1. The normalized spacial score (nSPS) is 18.8. The molecule has 6 heterocycles. The van der Waals surface area contributed by atoms with Gasteiger partial charge in [0.15, 0.2) is 0 Å². The molecule has 4 aliphatic rings. The van der Waals surface area contributed by atoms with Crippen LogP contribution in [0.1, 0.15) is 119 Å². The molecular formula is C49H73LiN6O7. The van der Waals surface area contributed by atoms with Crippen LogP contribution in [0.2, 0.25) is 0 Å². The third-order valence-corrected chi connectivity index (χ3v) is 13.7. The average Bonchev–Trinajstić information content (AvgIpc) is 3.29. The topological polar surface area (TPSA) is 190 Å². The summed E-state index contributed by atoms with van der Waals surface area (Å²) in [6, 6.07) is 18.5. The van der Waals surface area contributed by atoms with Crippen molar-refractivity contribution in [2.45, 2.75) is 134 Å². The van der Waals surface area contributed by atoms with E-state index in [1.54, 1.807) is 13.8 Å². The monoisotopic (exact) mass is 865 g/mol. The number of carboxylic acid groups (broad SMARTS) is 1. The smallest absolute Gasteiger partial charge is 0.870 e. The standard InChI is InChI=1S/C28H39N3O3.C21H33N3O3.Li.H2O/c1-22(27(32)34-21-23-9-4-2-5-10-23)28(33)15-19-31(20-16-28)18-7-3-6-12-25-14-13-24-11-8-17-29-26(24)30-25;1-16(20(25)26)21(27)10-14-24(15-11-21)13-4-2-3-7-18-9-8-17-6-5-12-22-19(17)23-18;;/h2,4-5,9-10,13-14,22,33H,3,6-8,11-12,15-21H2,1H3,(H,29,30);8-9,16,27H,2-7,10-15H2,1H3,(H,22,23)(H,25,26);;1H2/q;;+1;/p-1. The zero-order valence-electron chi connectivity index (χ0n) is 38.3. The quantitative estimate of drug-likeness (QED) is 0.0705. The van der Waals surface area contributed by atoms with Gasteiger partial charge >= 0.3 is 30.8 Å². The van der Waals surface area contributed by atoms with Gasteiger partial charge in [-0.15, -0.1) is 0 Å². The van der Waals surface area contributed by atoms with Crippen molar-refractivity contribution < 1.29 is 54.0 Å². The van der Waals surface area contributed by atoms with Crippen molar-refractivity contribution in [3.8, 4) is 0 Å². The van der Waals surface area contributed by atoms with E-state index in [0.29, 0.717) is 25.7 Å². The molecule has 2 saturated heterocycles. The Hall–Kier alpha value is -3.54. The second kappa shape index (κ2) is 25.8. The van der Waals surface area contributed by atoms with Gasteiger partial charge in [0, 0.05) is 50.7 Å². The molecule has 342 valence electrons. The number of anilines is 2. The Balaban J connectivity index is 0.000000275. The number of fused-ring (bicyclic) bond motifs is 2. The third kappa shape index (κ3) is 15.6. The number of nitrogens with one attached hydrogen (secondary N) is 2. The number of piperidine rings is 2. The number of hydrogen-bond donors (Lipinski definition) is 5. The van der Waals surface area contributed by atoms with Gasteiger partial charge in [-0.1, -0.05) is 55.3 Å². The van der Waals surface area contributed by atoms with Crippen LogP contribution in [0.4, 0.5) is 11.6 Å². The molecule has 3 aromatic rings. The van der Waals surface area contributed by atoms with E-state index in [1.807, 2.05) is 30.3 Å². The van der Waals surface area contributed by atoms with Crippen LogP contribution in [0.5, 0.6) is 0 Å². The molecule has 63 heavy (non-hydrogen) atoms. The van der Waals surface area contributed by atoms with Crippen molar-refractivity contribution in [2.75, 3.05) is 63.0 Å². The summed E-state index contributed by atoms with van der Waals surface area (Å²) in [6.45, 7) is 11.0. The number of aliphatic carboxylic acids is 1. The molecule has 0 saturated carbocycles. The number of esters is 1. The molecule has 1 aromatic carbocycles. The Morgan fingerprint density at radius 3 is 1.60 bits per heavy atom. The van der Waals surface area contributed by atoms with Gasteiger partial charge in [0.05, 0.1) is 23.0 Å². The molecule has 4 aliphatic heterocycles. The number of nitrogens with zero attached hydrogens (tertiary/aromatic N) is 4. The van der Waals surface area contributed by atoms with Crippen LogP contribution in [0.3, 0.4) is 0 Å². The first-order valence-electron chi connectivity index (χ1n) is 23.3. The molecule has 0 bridgehead atoms. The summed E-state index contributed by atoms with van der Waals surface area (Å²) in [5.74, 6) is -0.268. The number of aliphatic hydroxyl groups is 2. The number of carboxylic acids is 1. The van der Waals surface area contributed by atoms with Gasteiger partial charge in [-0.25, -0.2) is 9.97 Å². The number of rotatable bonds is 18. The molecule has 2 fully saturated rings. The summed E-state index contributed by atoms with van der Waals surface area (Å²) < 4.78 is 5.47. The van der Waals surface area contributed by atoms with Crippen molar-refractivity contribution in [3.63, 3.8) is 0 Å².